The fourth-order valence-corrected chi connectivity index (χ4v) is 2.43. The maximum absolute atomic E-state index is 13.3. The second-order valence-electron chi connectivity index (χ2n) is 4.93. The monoisotopic (exact) mass is 276 g/mol. The van der Waals surface area contributed by atoms with E-state index in [1.54, 1.807) is 6.07 Å². The third-order valence-corrected chi connectivity index (χ3v) is 3.57. The fraction of sp³-hybridized carbons (Fsp3) is 0.438. The smallest absolute Gasteiger partial charge is 0.123 e. The van der Waals surface area contributed by atoms with Gasteiger partial charge in [-0.3, -0.25) is 4.68 Å². The van der Waals surface area contributed by atoms with Gasteiger partial charge < -0.3 is 5.11 Å². The highest BCUT2D eigenvalue weighted by atomic mass is 19.1. The van der Waals surface area contributed by atoms with Crippen LogP contribution in [0, 0.1) is 5.82 Å². The van der Waals surface area contributed by atoms with E-state index in [1.165, 1.54) is 12.1 Å². The zero-order valence-electron chi connectivity index (χ0n) is 12.0. The lowest BCUT2D eigenvalue weighted by Gasteiger charge is -2.15. The average Bonchev–Trinajstić information content (AvgIpc) is 2.87. The Balaban J connectivity index is 2.24. The van der Waals surface area contributed by atoms with Crippen LogP contribution in [0.2, 0.25) is 0 Å². The number of hydrogen-bond acceptors (Lipinski definition) is 2. The van der Waals surface area contributed by atoms with Gasteiger partial charge in [-0.1, -0.05) is 19.1 Å². The van der Waals surface area contributed by atoms with Crippen molar-refractivity contribution in [3.63, 3.8) is 0 Å². The highest BCUT2D eigenvalue weighted by Gasteiger charge is 2.15. The zero-order chi connectivity index (χ0) is 14.5. The molecule has 0 aliphatic heterocycles. The molecule has 0 aliphatic carbocycles. The Hall–Kier alpha value is -1.68. The number of aryl methyl sites for hydroxylation is 2. The van der Waals surface area contributed by atoms with Crippen LogP contribution in [0.3, 0.4) is 0 Å². The summed E-state index contributed by atoms with van der Waals surface area (Å²) in [6.45, 7) is 4.92. The van der Waals surface area contributed by atoms with Crippen LogP contribution in [0.1, 0.15) is 36.7 Å². The summed E-state index contributed by atoms with van der Waals surface area (Å²) in [5.74, 6) is -0.364. The molecule has 1 unspecified atom stereocenters. The van der Waals surface area contributed by atoms with E-state index in [1.807, 2.05) is 17.7 Å². The zero-order valence-corrected chi connectivity index (χ0v) is 12.0. The Morgan fingerprint density at radius 2 is 2.10 bits per heavy atom. The van der Waals surface area contributed by atoms with Gasteiger partial charge in [0.1, 0.15) is 5.82 Å². The van der Waals surface area contributed by atoms with E-state index in [2.05, 4.69) is 18.1 Å². The summed E-state index contributed by atoms with van der Waals surface area (Å²) < 4.78 is 15.3. The van der Waals surface area contributed by atoms with Gasteiger partial charge in [0, 0.05) is 18.2 Å². The molecule has 4 heteroatoms. The van der Waals surface area contributed by atoms with Crippen molar-refractivity contribution in [2.24, 2.45) is 0 Å². The normalized spacial score (nSPS) is 12.6. The van der Waals surface area contributed by atoms with Crippen molar-refractivity contribution in [3.8, 4) is 0 Å². The molecule has 2 rings (SSSR count). The molecule has 2 aromatic rings. The van der Waals surface area contributed by atoms with E-state index in [-0.39, 0.29) is 18.3 Å². The number of nitrogens with zero attached hydrogens (tertiary/aromatic N) is 2. The Bertz CT molecular complexity index is 565. The van der Waals surface area contributed by atoms with Crippen molar-refractivity contribution in [2.45, 2.75) is 39.2 Å². The van der Waals surface area contributed by atoms with Crippen LogP contribution in [0.5, 0.6) is 0 Å². The molecule has 3 nitrogen and oxygen atoms in total. The summed E-state index contributed by atoms with van der Waals surface area (Å²) >= 11 is 0. The molecule has 0 radical (unpaired) electrons. The number of aromatic nitrogens is 2. The van der Waals surface area contributed by atoms with E-state index in [9.17, 15) is 9.50 Å². The van der Waals surface area contributed by atoms with Gasteiger partial charge in [0.15, 0.2) is 0 Å². The second-order valence-corrected chi connectivity index (χ2v) is 4.93. The summed E-state index contributed by atoms with van der Waals surface area (Å²) in [6.07, 6.45) is 1.56. The lowest BCUT2D eigenvalue weighted by Crippen LogP contribution is -2.12. The van der Waals surface area contributed by atoms with Crippen molar-refractivity contribution in [2.75, 3.05) is 6.61 Å². The third kappa shape index (κ3) is 3.25. The predicted molar refractivity (Wildman–Crippen MR) is 77.2 cm³/mol. The largest absolute Gasteiger partial charge is 0.396 e. The molecule has 0 fully saturated rings. The molecule has 1 heterocycles. The summed E-state index contributed by atoms with van der Waals surface area (Å²) in [4.78, 5) is 0. The topological polar surface area (TPSA) is 38.0 Å². The Morgan fingerprint density at radius 1 is 1.30 bits per heavy atom. The number of aliphatic hydroxyl groups excluding tert-OH is 1. The van der Waals surface area contributed by atoms with Crippen molar-refractivity contribution in [1.29, 1.82) is 0 Å². The standard InChI is InChI=1S/C16H21FN2O/c1-3-15-10-16(19(4-2)18-15)9-13(11-20)12-6-5-7-14(17)8-12/h5-8,10,13,20H,3-4,9,11H2,1-2H3. The van der Waals surface area contributed by atoms with Gasteiger partial charge in [0.05, 0.1) is 12.3 Å². The Kier molecular flexibility index (Phi) is 4.90. The molecular weight excluding hydrogens is 255 g/mol. The van der Waals surface area contributed by atoms with E-state index in [0.29, 0.717) is 6.42 Å². The molecule has 0 saturated carbocycles. The van der Waals surface area contributed by atoms with Crippen LogP contribution in [0.4, 0.5) is 4.39 Å². The lowest BCUT2D eigenvalue weighted by molar-refractivity contribution is 0.262. The molecule has 0 saturated heterocycles. The summed E-state index contributed by atoms with van der Waals surface area (Å²) in [7, 11) is 0. The van der Waals surface area contributed by atoms with Gasteiger partial charge in [-0.2, -0.15) is 5.10 Å². The van der Waals surface area contributed by atoms with Crippen LogP contribution in [0.25, 0.3) is 0 Å². The Labute approximate surface area is 119 Å². The number of hydrogen-bond donors (Lipinski definition) is 1. The fourth-order valence-electron chi connectivity index (χ4n) is 2.43. The van der Waals surface area contributed by atoms with Crippen LogP contribution < -0.4 is 0 Å². The van der Waals surface area contributed by atoms with Crippen molar-refractivity contribution in [1.82, 2.24) is 9.78 Å². The maximum atomic E-state index is 13.3. The number of aliphatic hydroxyl groups is 1. The minimum Gasteiger partial charge on any atom is -0.396 e. The molecule has 0 bridgehead atoms. The second kappa shape index (κ2) is 6.66. The molecular formula is C16H21FN2O. The van der Waals surface area contributed by atoms with Crippen LogP contribution in [-0.2, 0) is 19.4 Å². The first-order chi connectivity index (χ1) is 9.67. The van der Waals surface area contributed by atoms with Gasteiger partial charge in [0.25, 0.3) is 0 Å². The lowest BCUT2D eigenvalue weighted by atomic mass is 9.94. The van der Waals surface area contributed by atoms with Gasteiger partial charge in [-0.15, -0.1) is 0 Å². The van der Waals surface area contributed by atoms with Crippen LogP contribution >= 0.6 is 0 Å². The molecule has 108 valence electrons. The Morgan fingerprint density at radius 3 is 2.70 bits per heavy atom. The minimum absolute atomic E-state index is 0.000193. The van der Waals surface area contributed by atoms with E-state index in [4.69, 9.17) is 0 Å². The summed E-state index contributed by atoms with van der Waals surface area (Å²) in [6, 6.07) is 8.53. The number of rotatable bonds is 6. The third-order valence-electron chi connectivity index (χ3n) is 3.57. The van der Waals surface area contributed by atoms with Crippen molar-refractivity contribution in [3.05, 3.63) is 53.1 Å². The number of benzene rings is 1. The highest BCUT2D eigenvalue weighted by molar-refractivity contribution is 5.23. The first-order valence-corrected chi connectivity index (χ1v) is 7.09. The highest BCUT2D eigenvalue weighted by Crippen LogP contribution is 2.22. The van der Waals surface area contributed by atoms with E-state index in [0.717, 1.165) is 29.9 Å². The molecule has 0 amide bonds. The quantitative estimate of drug-likeness (QED) is 0.881. The molecule has 0 aliphatic rings. The maximum Gasteiger partial charge on any atom is 0.123 e. The molecule has 1 N–H and O–H groups in total. The predicted octanol–water partition coefficient (Wildman–Crippen LogP) is 2.92. The van der Waals surface area contributed by atoms with Gasteiger partial charge in [-0.25, -0.2) is 4.39 Å². The molecule has 0 spiro atoms. The first kappa shape index (κ1) is 14.7. The van der Waals surface area contributed by atoms with Crippen molar-refractivity contribution < 1.29 is 9.50 Å². The van der Waals surface area contributed by atoms with Crippen LogP contribution in [0.15, 0.2) is 30.3 Å². The molecule has 1 aromatic carbocycles. The van der Waals surface area contributed by atoms with Gasteiger partial charge in [0.2, 0.25) is 0 Å². The summed E-state index contributed by atoms with van der Waals surface area (Å²) in [5.41, 5.74) is 2.97. The minimum atomic E-state index is -0.265. The van der Waals surface area contributed by atoms with Gasteiger partial charge >= 0.3 is 0 Å². The van der Waals surface area contributed by atoms with Gasteiger partial charge in [-0.05, 0) is 43.5 Å². The number of halogens is 1. The molecule has 1 atom stereocenters. The average molecular weight is 276 g/mol. The van der Waals surface area contributed by atoms with E-state index >= 15 is 0 Å². The van der Waals surface area contributed by atoms with Crippen LogP contribution in [-0.4, -0.2) is 21.5 Å². The van der Waals surface area contributed by atoms with Crippen molar-refractivity contribution >= 4 is 0 Å². The molecule has 1 aromatic heterocycles. The summed E-state index contributed by atoms with van der Waals surface area (Å²) in [5, 5.41) is 14.1. The van der Waals surface area contributed by atoms with E-state index < -0.39 is 0 Å². The molecule has 20 heavy (non-hydrogen) atoms. The first-order valence-electron chi connectivity index (χ1n) is 7.09. The SMILES string of the molecule is CCc1cc(CC(CO)c2cccc(F)c2)n(CC)n1.